The lowest BCUT2D eigenvalue weighted by atomic mass is 9.80. The fraction of sp³-hybridized carbons (Fsp3) is 1.00. The zero-order valence-electron chi connectivity index (χ0n) is 11.8. The van der Waals surface area contributed by atoms with Crippen molar-refractivity contribution in [1.82, 2.24) is 4.90 Å². The van der Waals surface area contributed by atoms with Gasteiger partial charge in [0.15, 0.2) is 0 Å². The van der Waals surface area contributed by atoms with E-state index >= 15 is 0 Å². The molecular formula is C14H30N2. The third-order valence-corrected chi connectivity index (χ3v) is 4.10. The molecule has 0 amide bonds. The number of hydrogen-bond acceptors (Lipinski definition) is 2. The Bertz CT molecular complexity index is 201. The van der Waals surface area contributed by atoms with Gasteiger partial charge in [-0.05, 0) is 31.7 Å². The largest absolute Gasteiger partial charge is 0.326 e. The van der Waals surface area contributed by atoms with E-state index in [0.29, 0.717) is 12.1 Å². The summed E-state index contributed by atoms with van der Waals surface area (Å²) in [4.78, 5) is 2.57. The maximum absolute atomic E-state index is 6.33. The highest BCUT2D eigenvalue weighted by molar-refractivity contribution is 4.93. The molecule has 0 bridgehead atoms. The molecule has 1 rings (SSSR count). The summed E-state index contributed by atoms with van der Waals surface area (Å²) in [6.45, 7) is 9.15. The van der Waals surface area contributed by atoms with Crippen molar-refractivity contribution in [2.24, 2.45) is 11.1 Å². The van der Waals surface area contributed by atoms with Gasteiger partial charge in [-0.1, -0.05) is 40.5 Å². The molecule has 2 nitrogen and oxygen atoms in total. The lowest BCUT2D eigenvalue weighted by Crippen LogP contribution is -2.55. The quantitative estimate of drug-likeness (QED) is 0.798. The van der Waals surface area contributed by atoms with Crippen LogP contribution >= 0.6 is 0 Å². The maximum atomic E-state index is 6.33. The summed E-state index contributed by atoms with van der Waals surface area (Å²) < 4.78 is 0. The molecule has 0 saturated heterocycles. The Morgan fingerprint density at radius 2 is 1.75 bits per heavy atom. The fourth-order valence-corrected chi connectivity index (χ4v) is 3.32. The highest BCUT2D eigenvalue weighted by atomic mass is 15.2. The number of likely N-dealkylation sites (N-methyl/N-ethyl adjacent to an activating group) is 1. The van der Waals surface area contributed by atoms with E-state index in [4.69, 9.17) is 5.73 Å². The first kappa shape index (κ1) is 14.0. The molecule has 2 heteroatoms. The van der Waals surface area contributed by atoms with Gasteiger partial charge in [0.25, 0.3) is 0 Å². The van der Waals surface area contributed by atoms with Gasteiger partial charge in [0, 0.05) is 18.1 Å². The van der Waals surface area contributed by atoms with Gasteiger partial charge in [-0.3, -0.25) is 4.90 Å². The molecule has 1 aliphatic carbocycles. The first-order valence-electron chi connectivity index (χ1n) is 6.85. The molecule has 0 aliphatic heterocycles. The topological polar surface area (TPSA) is 29.3 Å². The molecule has 2 atom stereocenters. The van der Waals surface area contributed by atoms with E-state index in [2.05, 4.69) is 39.6 Å². The Kier molecular flexibility index (Phi) is 4.81. The van der Waals surface area contributed by atoms with Crippen LogP contribution in [0.15, 0.2) is 0 Å². The summed E-state index contributed by atoms with van der Waals surface area (Å²) in [5.41, 5.74) is 6.60. The summed E-state index contributed by atoms with van der Waals surface area (Å²) in [7, 11) is 2.28. The third kappa shape index (κ3) is 3.21. The van der Waals surface area contributed by atoms with Gasteiger partial charge in [-0.15, -0.1) is 0 Å². The van der Waals surface area contributed by atoms with Crippen molar-refractivity contribution in [3.63, 3.8) is 0 Å². The van der Waals surface area contributed by atoms with Crippen LogP contribution in [-0.4, -0.2) is 30.1 Å². The zero-order valence-corrected chi connectivity index (χ0v) is 11.8. The highest BCUT2D eigenvalue weighted by Gasteiger charge is 2.36. The molecule has 1 aliphatic rings. The molecular weight excluding hydrogens is 196 g/mol. The average Bonchev–Trinajstić information content (AvgIpc) is 2.68. The molecule has 0 radical (unpaired) electrons. The molecule has 16 heavy (non-hydrogen) atoms. The Balaban J connectivity index is 2.75. The first-order chi connectivity index (χ1) is 7.38. The lowest BCUT2D eigenvalue weighted by Gasteiger charge is -2.44. The van der Waals surface area contributed by atoms with E-state index in [0.717, 1.165) is 12.5 Å². The summed E-state index contributed by atoms with van der Waals surface area (Å²) >= 11 is 0. The van der Waals surface area contributed by atoms with Gasteiger partial charge >= 0.3 is 0 Å². The van der Waals surface area contributed by atoms with Crippen LogP contribution in [0, 0.1) is 5.41 Å². The average molecular weight is 226 g/mol. The van der Waals surface area contributed by atoms with Crippen molar-refractivity contribution in [3.8, 4) is 0 Å². The smallest absolute Gasteiger partial charge is 0.0295 e. The Morgan fingerprint density at radius 3 is 2.12 bits per heavy atom. The standard InChI is InChI=1S/C14H30N2/c1-6-12(15)13(14(2,3)4)16(5)11-9-7-8-10-11/h11-13H,6-10,15H2,1-5H3. The van der Waals surface area contributed by atoms with Gasteiger partial charge in [0.2, 0.25) is 0 Å². The van der Waals surface area contributed by atoms with Crippen molar-refractivity contribution >= 4 is 0 Å². The van der Waals surface area contributed by atoms with Crippen molar-refractivity contribution in [2.45, 2.75) is 77.9 Å². The van der Waals surface area contributed by atoms with Crippen LogP contribution in [0.25, 0.3) is 0 Å². The van der Waals surface area contributed by atoms with E-state index in [-0.39, 0.29) is 5.41 Å². The van der Waals surface area contributed by atoms with Gasteiger partial charge in [0.05, 0.1) is 0 Å². The van der Waals surface area contributed by atoms with Gasteiger partial charge in [-0.2, -0.15) is 0 Å². The van der Waals surface area contributed by atoms with E-state index in [9.17, 15) is 0 Å². The second-order valence-electron chi connectivity index (χ2n) is 6.49. The number of nitrogens with zero attached hydrogens (tertiary/aromatic N) is 1. The predicted molar refractivity (Wildman–Crippen MR) is 71.5 cm³/mol. The van der Waals surface area contributed by atoms with E-state index in [1.807, 2.05) is 0 Å². The minimum Gasteiger partial charge on any atom is -0.326 e. The molecule has 96 valence electrons. The summed E-state index contributed by atoms with van der Waals surface area (Å²) in [6.07, 6.45) is 6.58. The van der Waals surface area contributed by atoms with Crippen LogP contribution in [0.3, 0.4) is 0 Å². The second kappa shape index (κ2) is 5.50. The summed E-state index contributed by atoms with van der Waals surface area (Å²) in [6, 6.07) is 1.56. The van der Waals surface area contributed by atoms with Crippen molar-refractivity contribution in [1.29, 1.82) is 0 Å². The molecule has 0 heterocycles. The molecule has 0 aromatic rings. The minimum atomic E-state index is 0.271. The van der Waals surface area contributed by atoms with Crippen LogP contribution in [-0.2, 0) is 0 Å². The van der Waals surface area contributed by atoms with Crippen LogP contribution in [0.5, 0.6) is 0 Å². The van der Waals surface area contributed by atoms with Crippen LogP contribution in [0.4, 0.5) is 0 Å². The highest BCUT2D eigenvalue weighted by Crippen LogP contribution is 2.32. The van der Waals surface area contributed by atoms with Crippen LogP contribution in [0.2, 0.25) is 0 Å². The molecule has 0 aromatic carbocycles. The van der Waals surface area contributed by atoms with E-state index in [1.54, 1.807) is 0 Å². The normalized spacial score (nSPS) is 22.7. The molecule has 1 saturated carbocycles. The Labute approximate surface area is 102 Å². The maximum Gasteiger partial charge on any atom is 0.0295 e. The van der Waals surface area contributed by atoms with Crippen molar-refractivity contribution in [2.75, 3.05) is 7.05 Å². The minimum absolute atomic E-state index is 0.271. The zero-order chi connectivity index (χ0) is 12.3. The van der Waals surface area contributed by atoms with Gasteiger partial charge in [-0.25, -0.2) is 0 Å². The molecule has 0 spiro atoms. The summed E-state index contributed by atoms with van der Waals surface area (Å²) in [5, 5.41) is 0. The number of nitrogens with two attached hydrogens (primary N) is 1. The SMILES string of the molecule is CCC(N)C(N(C)C1CCCC1)C(C)(C)C. The monoisotopic (exact) mass is 226 g/mol. The second-order valence-corrected chi connectivity index (χ2v) is 6.49. The van der Waals surface area contributed by atoms with Crippen LogP contribution in [0.1, 0.15) is 59.8 Å². The molecule has 2 N–H and O–H groups in total. The van der Waals surface area contributed by atoms with E-state index in [1.165, 1.54) is 25.7 Å². The van der Waals surface area contributed by atoms with E-state index < -0.39 is 0 Å². The van der Waals surface area contributed by atoms with Crippen LogP contribution < -0.4 is 5.73 Å². The molecule has 1 fully saturated rings. The van der Waals surface area contributed by atoms with Crippen molar-refractivity contribution < 1.29 is 0 Å². The molecule has 0 aromatic heterocycles. The van der Waals surface area contributed by atoms with Crippen molar-refractivity contribution in [3.05, 3.63) is 0 Å². The number of hydrogen-bond donors (Lipinski definition) is 1. The fourth-order valence-electron chi connectivity index (χ4n) is 3.32. The Hall–Kier alpha value is -0.0800. The Morgan fingerprint density at radius 1 is 1.25 bits per heavy atom. The lowest BCUT2D eigenvalue weighted by molar-refractivity contribution is 0.0650. The predicted octanol–water partition coefficient (Wildman–Crippen LogP) is 3.01. The van der Waals surface area contributed by atoms with Gasteiger partial charge < -0.3 is 5.73 Å². The number of rotatable bonds is 4. The summed E-state index contributed by atoms with van der Waals surface area (Å²) in [5.74, 6) is 0. The van der Waals surface area contributed by atoms with Gasteiger partial charge in [0.1, 0.15) is 0 Å². The molecule has 2 unspecified atom stereocenters. The third-order valence-electron chi connectivity index (χ3n) is 4.10. The first-order valence-corrected chi connectivity index (χ1v) is 6.85.